The SMILES string of the molecule is CCOCc1ccc2c(c1)CC(NC(=O)c1cc3n(n1)CCN(CCOC1CCC1)C3)CO2. The monoisotopic (exact) mass is 454 g/mol. The molecular weight excluding hydrogens is 420 g/mol. The first-order chi connectivity index (χ1) is 16.2. The van der Waals surface area contributed by atoms with Crippen LogP contribution in [0.3, 0.4) is 0 Å². The van der Waals surface area contributed by atoms with Crippen LogP contribution in [0.5, 0.6) is 5.75 Å². The summed E-state index contributed by atoms with van der Waals surface area (Å²) in [5.41, 5.74) is 3.79. The summed E-state index contributed by atoms with van der Waals surface area (Å²) in [7, 11) is 0. The predicted molar refractivity (Wildman–Crippen MR) is 123 cm³/mol. The lowest BCUT2D eigenvalue weighted by Crippen LogP contribution is -2.43. The Balaban J connectivity index is 1.14. The summed E-state index contributed by atoms with van der Waals surface area (Å²) in [6, 6.07) is 7.99. The van der Waals surface area contributed by atoms with Crippen LogP contribution in [0.25, 0.3) is 0 Å². The molecule has 0 radical (unpaired) electrons. The smallest absolute Gasteiger partial charge is 0.272 e. The molecule has 8 nitrogen and oxygen atoms in total. The Labute approximate surface area is 195 Å². The largest absolute Gasteiger partial charge is 0.491 e. The minimum absolute atomic E-state index is 0.0776. The average Bonchev–Trinajstić information content (AvgIpc) is 3.23. The first kappa shape index (κ1) is 22.4. The van der Waals surface area contributed by atoms with Gasteiger partial charge in [0.2, 0.25) is 0 Å². The van der Waals surface area contributed by atoms with Crippen LogP contribution in [0.4, 0.5) is 0 Å². The molecular formula is C25H34N4O4. The van der Waals surface area contributed by atoms with Crippen molar-refractivity contribution in [2.45, 2.75) is 64.4 Å². The molecule has 3 aliphatic rings. The minimum atomic E-state index is -0.140. The fourth-order valence-electron chi connectivity index (χ4n) is 4.62. The molecule has 2 aliphatic heterocycles. The molecule has 1 aliphatic carbocycles. The van der Waals surface area contributed by atoms with Gasteiger partial charge >= 0.3 is 0 Å². The van der Waals surface area contributed by atoms with Crippen LogP contribution in [0.15, 0.2) is 24.3 Å². The van der Waals surface area contributed by atoms with E-state index >= 15 is 0 Å². The van der Waals surface area contributed by atoms with Gasteiger partial charge in [0.25, 0.3) is 5.91 Å². The van der Waals surface area contributed by atoms with E-state index in [-0.39, 0.29) is 11.9 Å². The van der Waals surface area contributed by atoms with Gasteiger partial charge in [-0.05, 0) is 61.9 Å². The molecule has 1 unspecified atom stereocenters. The Morgan fingerprint density at radius 1 is 1.27 bits per heavy atom. The second kappa shape index (κ2) is 10.2. The Bertz CT molecular complexity index is 971. The van der Waals surface area contributed by atoms with Crippen LogP contribution >= 0.6 is 0 Å². The maximum absolute atomic E-state index is 12.9. The third-order valence-corrected chi connectivity index (χ3v) is 6.76. The second-order valence-corrected chi connectivity index (χ2v) is 9.21. The fourth-order valence-corrected chi connectivity index (χ4v) is 4.62. The highest BCUT2D eigenvalue weighted by atomic mass is 16.5. The van der Waals surface area contributed by atoms with Gasteiger partial charge < -0.3 is 19.5 Å². The molecule has 1 aromatic heterocycles. The van der Waals surface area contributed by atoms with Crippen LogP contribution in [0.1, 0.15) is 53.5 Å². The third-order valence-electron chi connectivity index (χ3n) is 6.76. The summed E-state index contributed by atoms with van der Waals surface area (Å²) in [5.74, 6) is 0.749. The van der Waals surface area contributed by atoms with Crippen molar-refractivity contribution in [2.24, 2.45) is 0 Å². The number of hydrogen-bond acceptors (Lipinski definition) is 6. The number of carbonyl (C=O) groups is 1. The van der Waals surface area contributed by atoms with E-state index in [2.05, 4.69) is 21.4 Å². The van der Waals surface area contributed by atoms with Crippen LogP contribution in [0.2, 0.25) is 0 Å². The zero-order chi connectivity index (χ0) is 22.6. The quantitative estimate of drug-likeness (QED) is 0.628. The molecule has 33 heavy (non-hydrogen) atoms. The number of nitrogens with one attached hydrogen (secondary N) is 1. The van der Waals surface area contributed by atoms with E-state index in [4.69, 9.17) is 14.2 Å². The third kappa shape index (κ3) is 5.39. The average molecular weight is 455 g/mol. The topological polar surface area (TPSA) is 77.9 Å². The molecule has 178 valence electrons. The molecule has 0 bridgehead atoms. The van der Waals surface area contributed by atoms with Crippen LogP contribution in [-0.4, -0.2) is 65.6 Å². The molecule has 1 aromatic carbocycles. The van der Waals surface area contributed by atoms with Crippen molar-refractivity contribution in [3.63, 3.8) is 0 Å². The molecule has 8 heteroatoms. The number of benzene rings is 1. The van der Waals surface area contributed by atoms with Crippen molar-refractivity contribution in [1.82, 2.24) is 20.0 Å². The lowest BCUT2D eigenvalue weighted by atomic mass is 9.96. The standard InChI is InChI=1S/C25H34N4O4/c1-2-31-16-18-6-7-24-19(12-18)13-20(17-33-24)26-25(30)23-14-21-15-28(8-9-29(21)27-23)10-11-32-22-4-3-5-22/h6-7,12,14,20,22H,2-5,8-11,13,15-17H2,1H3,(H,26,30). The predicted octanol–water partition coefficient (Wildman–Crippen LogP) is 2.54. The number of aromatic nitrogens is 2. The zero-order valence-electron chi connectivity index (χ0n) is 19.4. The van der Waals surface area contributed by atoms with Gasteiger partial charge in [-0.25, -0.2) is 0 Å². The van der Waals surface area contributed by atoms with Gasteiger partial charge in [-0.15, -0.1) is 0 Å². The number of hydrogen-bond donors (Lipinski definition) is 1. The molecule has 1 fully saturated rings. The molecule has 5 rings (SSSR count). The highest BCUT2D eigenvalue weighted by Crippen LogP contribution is 2.26. The van der Waals surface area contributed by atoms with Gasteiger partial charge in [0.15, 0.2) is 5.69 Å². The molecule has 3 heterocycles. The van der Waals surface area contributed by atoms with E-state index in [0.717, 1.165) is 61.8 Å². The van der Waals surface area contributed by atoms with Gasteiger partial charge in [0, 0.05) is 26.2 Å². The molecule has 0 saturated heterocycles. The number of amides is 1. The van der Waals surface area contributed by atoms with Crippen molar-refractivity contribution in [2.75, 3.05) is 32.9 Å². The van der Waals surface area contributed by atoms with Crippen molar-refractivity contribution in [3.05, 3.63) is 46.8 Å². The van der Waals surface area contributed by atoms with Crippen molar-refractivity contribution in [3.8, 4) is 5.75 Å². The van der Waals surface area contributed by atoms with Crippen LogP contribution in [-0.2, 0) is 35.6 Å². The molecule has 1 saturated carbocycles. The normalized spacial score (nSPS) is 20.5. The molecule has 1 amide bonds. The summed E-state index contributed by atoms with van der Waals surface area (Å²) < 4.78 is 19.3. The minimum Gasteiger partial charge on any atom is -0.491 e. The Kier molecular flexibility index (Phi) is 6.94. The first-order valence-corrected chi connectivity index (χ1v) is 12.2. The van der Waals surface area contributed by atoms with Gasteiger partial charge in [-0.1, -0.05) is 6.07 Å². The van der Waals surface area contributed by atoms with Gasteiger partial charge in [0.05, 0.1) is 37.6 Å². The molecule has 1 atom stereocenters. The van der Waals surface area contributed by atoms with Gasteiger partial charge in [0.1, 0.15) is 12.4 Å². The van der Waals surface area contributed by atoms with Crippen molar-refractivity contribution < 1.29 is 19.0 Å². The van der Waals surface area contributed by atoms with Crippen molar-refractivity contribution >= 4 is 5.91 Å². The van der Waals surface area contributed by atoms with E-state index in [1.807, 2.05) is 29.8 Å². The molecule has 0 spiro atoms. The number of fused-ring (bicyclic) bond motifs is 2. The lowest BCUT2D eigenvalue weighted by Gasteiger charge is -2.30. The second-order valence-electron chi connectivity index (χ2n) is 9.21. The highest BCUT2D eigenvalue weighted by Gasteiger charge is 2.26. The van der Waals surface area contributed by atoms with E-state index in [1.165, 1.54) is 19.3 Å². The van der Waals surface area contributed by atoms with E-state index in [9.17, 15) is 4.79 Å². The van der Waals surface area contributed by atoms with Crippen molar-refractivity contribution in [1.29, 1.82) is 0 Å². The number of nitrogens with zero attached hydrogens (tertiary/aromatic N) is 3. The summed E-state index contributed by atoms with van der Waals surface area (Å²) in [4.78, 5) is 15.3. The van der Waals surface area contributed by atoms with E-state index in [1.54, 1.807) is 0 Å². The Morgan fingerprint density at radius 2 is 2.18 bits per heavy atom. The summed E-state index contributed by atoms with van der Waals surface area (Å²) in [6.45, 7) is 7.97. The number of rotatable bonds is 9. The Morgan fingerprint density at radius 3 is 3.00 bits per heavy atom. The Hall–Kier alpha value is -2.42. The number of carbonyl (C=O) groups excluding carboxylic acids is 1. The zero-order valence-corrected chi connectivity index (χ0v) is 19.4. The van der Waals surface area contributed by atoms with Gasteiger partial charge in [-0.3, -0.25) is 14.4 Å². The summed E-state index contributed by atoms with van der Waals surface area (Å²) in [5, 5.41) is 7.68. The fraction of sp³-hybridized carbons (Fsp3) is 0.600. The number of ether oxygens (including phenoxy) is 3. The first-order valence-electron chi connectivity index (χ1n) is 12.2. The van der Waals surface area contributed by atoms with Gasteiger partial charge in [-0.2, -0.15) is 5.10 Å². The highest BCUT2D eigenvalue weighted by molar-refractivity contribution is 5.92. The summed E-state index contributed by atoms with van der Waals surface area (Å²) >= 11 is 0. The molecule has 1 N–H and O–H groups in total. The lowest BCUT2D eigenvalue weighted by molar-refractivity contribution is -0.0100. The van der Waals surface area contributed by atoms with Crippen LogP contribution in [0, 0.1) is 0 Å². The van der Waals surface area contributed by atoms with E-state index in [0.29, 0.717) is 31.6 Å². The summed E-state index contributed by atoms with van der Waals surface area (Å²) in [6.07, 6.45) is 4.92. The van der Waals surface area contributed by atoms with E-state index < -0.39 is 0 Å². The maximum Gasteiger partial charge on any atom is 0.272 e. The molecule has 2 aromatic rings. The van der Waals surface area contributed by atoms with Crippen LogP contribution < -0.4 is 10.1 Å². The maximum atomic E-state index is 12.9.